The number of benzene rings is 2. The molecule has 5 nitrogen and oxygen atoms in total. The van der Waals surface area contributed by atoms with Crippen molar-refractivity contribution in [3.63, 3.8) is 0 Å². The highest BCUT2D eigenvalue weighted by atomic mass is 32.1. The third-order valence-corrected chi connectivity index (χ3v) is 5.43. The van der Waals surface area contributed by atoms with Gasteiger partial charge in [-0.05, 0) is 55.7 Å². The Labute approximate surface area is 168 Å². The molecule has 0 unspecified atom stereocenters. The Balaban J connectivity index is 1.49. The average molecular weight is 394 g/mol. The van der Waals surface area contributed by atoms with Crippen molar-refractivity contribution in [3.05, 3.63) is 70.2 Å². The third-order valence-electron chi connectivity index (χ3n) is 4.43. The molecular weight excluding hydrogens is 372 g/mol. The number of nitrogens with one attached hydrogen (secondary N) is 1. The van der Waals surface area contributed by atoms with Crippen LogP contribution in [0, 0.1) is 13.8 Å². The zero-order valence-corrected chi connectivity index (χ0v) is 16.9. The number of fused-ring (bicyclic) bond motifs is 1. The van der Waals surface area contributed by atoms with E-state index in [0.717, 1.165) is 15.8 Å². The lowest BCUT2D eigenvalue weighted by molar-refractivity contribution is -0.144. The van der Waals surface area contributed by atoms with Gasteiger partial charge in [0.05, 0.1) is 16.3 Å². The van der Waals surface area contributed by atoms with Crippen LogP contribution in [0.5, 0.6) is 0 Å². The lowest BCUT2D eigenvalue weighted by Crippen LogP contribution is -2.31. The van der Waals surface area contributed by atoms with E-state index in [1.54, 1.807) is 6.08 Å². The Morgan fingerprint density at radius 2 is 1.96 bits per heavy atom. The van der Waals surface area contributed by atoms with E-state index < -0.39 is 5.97 Å². The summed E-state index contributed by atoms with van der Waals surface area (Å²) >= 11 is 1.49. The maximum Gasteiger partial charge on any atom is 0.331 e. The number of carbonyl (C=O) groups is 2. The van der Waals surface area contributed by atoms with Gasteiger partial charge in [0, 0.05) is 6.08 Å². The molecule has 1 aromatic heterocycles. The second-order valence-electron chi connectivity index (χ2n) is 6.59. The van der Waals surface area contributed by atoms with Gasteiger partial charge in [-0.15, -0.1) is 11.3 Å². The minimum atomic E-state index is -0.576. The van der Waals surface area contributed by atoms with Gasteiger partial charge < -0.3 is 10.1 Å². The highest BCUT2D eigenvalue weighted by molar-refractivity contribution is 7.19. The van der Waals surface area contributed by atoms with Gasteiger partial charge in [0.25, 0.3) is 5.91 Å². The summed E-state index contributed by atoms with van der Waals surface area (Å²) in [6, 6.07) is 13.7. The van der Waals surface area contributed by atoms with Crippen molar-refractivity contribution in [1.29, 1.82) is 0 Å². The molecule has 0 spiro atoms. The lowest BCUT2D eigenvalue weighted by atomic mass is 10.0. The van der Waals surface area contributed by atoms with E-state index in [2.05, 4.69) is 10.3 Å². The van der Waals surface area contributed by atoms with Gasteiger partial charge >= 0.3 is 5.97 Å². The van der Waals surface area contributed by atoms with Crippen LogP contribution >= 0.6 is 11.3 Å². The molecule has 3 rings (SSSR count). The van der Waals surface area contributed by atoms with Crippen LogP contribution in [0.4, 0.5) is 0 Å². The van der Waals surface area contributed by atoms with Crippen molar-refractivity contribution >= 4 is 39.5 Å². The monoisotopic (exact) mass is 394 g/mol. The summed E-state index contributed by atoms with van der Waals surface area (Å²) in [6.07, 6.45) is 2.89. The molecule has 0 aliphatic rings. The molecule has 28 heavy (non-hydrogen) atoms. The first kappa shape index (κ1) is 19.8. The zero-order valence-electron chi connectivity index (χ0n) is 16.1. The molecular formula is C22H22N2O3S. The van der Waals surface area contributed by atoms with Gasteiger partial charge in [-0.1, -0.05) is 30.3 Å². The first-order chi connectivity index (χ1) is 13.4. The molecule has 2 aromatic carbocycles. The minimum Gasteiger partial charge on any atom is -0.452 e. The number of carbonyl (C=O) groups excluding carboxylic acids is 2. The summed E-state index contributed by atoms with van der Waals surface area (Å²) in [5.41, 5.74) is 4.28. The standard InChI is InChI=1S/C22H22N2O3S/c1-14-8-9-17(12-15(14)2)16(3)23-20(25)13-27-22(26)11-10-21-24-18-6-4-5-7-19(18)28-21/h4-12,16H,13H2,1-3H3,(H,23,25)/b11-10+/t16-/m0/s1. The van der Waals surface area contributed by atoms with E-state index in [1.807, 2.05) is 63.2 Å². The largest absolute Gasteiger partial charge is 0.452 e. The molecule has 0 aliphatic heterocycles. The average Bonchev–Trinajstić information content (AvgIpc) is 3.09. The van der Waals surface area contributed by atoms with Crippen LogP contribution in [-0.2, 0) is 14.3 Å². The zero-order chi connectivity index (χ0) is 20.1. The molecule has 0 bridgehead atoms. The molecule has 6 heteroatoms. The summed E-state index contributed by atoms with van der Waals surface area (Å²) in [5, 5.41) is 3.55. The fourth-order valence-corrected chi connectivity index (χ4v) is 3.56. The van der Waals surface area contributed by atoms with Gasteiger partial charge in [-0.2, -0.15) is 0 Å². The van der Waals surface area contributed by atoms with Crippen molar-refractivity contribution in [2.75, 3.05) is 6.61 Å². The van der Waals surface area contributed by atoms with Crippen LogP contribution in [0.3, 0.4) is 0 Å². The van der Waals surface area contributed by atoms with Gasteiger partial charge in [0.1, 0.15) is 5.01 Å². The predicted octanol–water partition coefficient (Wildman–Crippen LogP) is 4.35. The molecule has 0 saturated heterocycles. The molecule has 1 amide bonds. The first-order valence-electron chi connectivity index (χ1n) is 8.99. The number of thiazole rings is 1. The van der Waals surface area contributed by atoms with Crippen LogP contribution < -0.4 is 5.32 Å². The Morgan fingerprint density at radius 3 is 2.71 bits per heavy atom. The fourth-order valence-electron chi connectivity index (χ4n) is 2.69. The Morgan fingerprint density at radius 1 is 1.18 bits per heavy atom. The number of amides is 1. The number of ether oxygens (including phenoxy) is 1. The van der Waals surface area contributed by atoms with Crippen molar-refractivity contribution in [3.8, 4) is 0 Å². The summed E-state index contributed by atoms with van der Waals surface area (Å²) in [5.74, 6) is -0.916. The summed E-state index contributed by atoms with van der Waals surface area (Å²) in [6.45, 7) is 5.66. The maximum atomic E-state index is 12.1. The van der Waals surface area contributed by atoms with Crippen molar-refractivity contribution in [2.45, 2.75) is 26.8 Å². The summed E-state index contributed by atoms with van der Waals surface area (Å²) in [4.78, 5) is 28.3. The van der Waals surface area contributed by atoms with Gasteiger partial charge in [-0.3, -0.25) is 4.79 Å². The number of rotatable bonds is 6. The number of para-hydroxylation sites is 1. The van der Waals surface area contributed by atoms with Crippen LogP contribution in [0.2, 0.25) is 0 Å². The second-order valence-corrected chi connectivity index (χ2v) is 7.66. The molecule has 0 saturated carbocycles. The third kappa shape index (κ3) is 5.04. The van der Waals surface area contributed by atoms with E-state index in [1.165, 1.54) is 28.5 Å². The van der Waals surface area contributed by atoms with Crippen LogP contribution in [0.1, 0.15) is 34.7 Å². The van der Waals surface area contributed by atoms with Crippen LogP contribution in [-0.4, -0.2) is 23.5 Å². The van der Waals surface area contributed by atoms with E-state index in [9.17, 15) is 9.59 Å². The highest BCUT2D eigenvalue weighted by Gasteiger charge is 2.12. The van der Waals surface area contributed by atoms with E-state index >= 15 is 0 Å². The molecule has 144 valence electrons. The second kappa shape index (κ2) is 8.80. The van der Waals surface area contributed by atoms with E-state index in [0.29, 0.717) is 5.01 Å². The number of hydrogen-bond acceptors (Lipinski definition) is 5. The summed E-state index contributed by atoms with van der Waals surface area (Å²) < 4.78 is 6.07. The molecule has 1 N–H and O–H groups in total. The van der Waals surface area contributed by atoms with E-state index in [-0.39, 0.29) is 18.6 Å². The molecule has 1 atom stereocenters. The van der Waals surface area contributed by atoms with Gasteiger partial charge in [0.15, 0.2) is 6.61 Å². The smallest absolute Gasteiger partial charge is 0.331 e. The van der Waals surface area contributed by atoms with Gasteiger partial charge in [-0.25, -0.2) is 9.78 Å². The predicted molar refractivity (Wildman–Crippen MR) is 112 cm³/mol. The Kier molecular flexibility index (Phi) is 6.21. The van der Waals surface area contributed by atoms with E-state index in [4.69, 9.17) is 4.74 Å². The number of aromatic nitrogens is 1. The number of nitrogens with zero attached hydrogens (tertiary/aromatic N) is 1. The fraction of sp³-hybridized carbons (Fsp3) is 0.227. The summed E-state index contributed by atoms with van der Waals surface area (Å²) in [7, 11) is 0. The molecule has 0 aliphatic carbocycles. The van der Waals surface area contributed by atoms with Gasteiger partial charge in [0.2, 0.25) is 0 Å². The maximum absolute atomic E-state index is 12.1. The number of hydrogen-bond donors (Lipinski definition) is 1. The Bertz CT molecular complexity index is 1010. The SMILES string of the molecule is Cc1ccc([C@H](C)NC(=O)COC(=O)/C=C/c2nc3ccccc3s2)cc1C. The highest BCUT2D eigenvalue weighted by Crippen LogP contribution is 2.22. The topological polar surface area (TPSA) is 68.3 Å². The van der Waals surface area contributed by atoms with Crippen molar-refractivity contribution < 1.29 is 14.3 Å². The van der Waals surface area contributed by atoms with Crippen LogP contribution in [0.15, 0.2) is 48.5 Å². The molecule has 3 aromatic rings. The molecule has 0 radical (unpaired) electrons. The molecule has 0 fully saturated rings. The normalized spacial score (nSPS) is 12.2. The van der Waals surface area contributed by atoms with Crippen molar-refractivity contribution in [1.82, 2.24) is 10.3 Å². The van der Waals surface area contributed by atoms with Crippen molar-refractivity contribution in [2.24, 2.45) is 0 Å². The van der Waals surface area contributed by atoms with Crippen LogP contribution in [0.25, 0.3) is 16.3 Å². The molecule has 1 heterocycles. The minimum absolute atomic E-state index is 0.163. The quantitative estimate of drug-likeness (QED) is 0.499. The number of esters is 1. The Hall–Kier alpha value is -2.99. The lowest BCUT2D eigenvalue weighted by Gasteiger charge is -2.15. The number of aryl methyl sites for hydroxylation is 2. The first-order valence-corrected chi connectivity index (χ1v) is 9.81.